The van der Waals surface area contributed by atoms with Crippen LogP contribution in [0.5, 0.6) is 0 Å². The summed E-state index contributed by atoms with van der Waals surface area (Å²) in [5.74, 6) is 1.29. The molecular weight excluding hydrogens is 350 g/mol. The molecule has 26 heavy (non-hydrogen) atoms. The molecule has 2 saturated heterocycles. The maximum atomic E-state index is 12.3. The van der Waals surface area contributed by atoms with Gasteiger partial charge in [0.15, 0.2) is 11.7 Å². The minimum Gasteiger partial charge on any atom is -0.441 e. The molecule has 1 N–H and O–H groups in total. The molecule has 138 valence electrons. The Hall–Kier alpha value is -1.85. The molecule has 1 amide bonds. The van der Waals surface area contributed by atoms with Crippen molar-refractivity contribution in [2.24, 2.45) is 0 Å². The van der Waals surface area contributed by atoms with E-state index >= 15 is 0 Å². The quantitative estimate of drug-likeness (QED) is 0.868. The van der Waals surface area contributed by atoms with E-state index in [-0.39, 0.29) is 5.91 Å². The SMILES string of the molecule is O=C(CCc1ncc(-c2ccccc2Cl)o1)NC1CCN2CCCC2C1. The second-order valence-electron chi connectivity index (χ2n) is 7.22. The van der Waals surface area contributed by atoms with Crippen LogP contribution in [-0.4, -0.2) is 41.0 Å². The van der Waals surface area contributed by atoms with Crippen molar-refractivity contribution in [2.75, 3.05) is 13.1 Å². The van der Waals surface area contributed by atoms with Gasteiger partial charge in [-0.3, -0.25) is 4.79 Å². The topological polar surface area (TPSA) is 58.4 Å². The molecule has 5 nitrogen and oxygen atoms in total. The number of rotatable bonds is 5. The number of nitrogens with one attached hydrogen (secondary N) is 1. The molecule has 1 aromatic heterocycles. The van der Waals surface area contributed by atoms with Crippen LogP contribution in [0, 0.1) is 0 Å². The summed E-state index contributed by atoms with van der Waals surface area (Å²) < 4.78 is 5.77. The average molecular weight is 374 g/mol. The van der Waals surface area contributed by atoms with Gasteiger partial charge in [0.1, 0.15) is 0 Å². The number of hydrogen-bond donors (Lipinski definition) is 1. The highest BCUT2D eigenvalue weighted by molar-refractivity contribution is 6.33. The van der Waals surface area contributed by atoms with Crippen molar-refractivity contribution in [2.45, 2.75) is 50.6 Å². The van der Waals surface area contributed by atoms with Gasteiger partial charge in [-0.25, -0.2) is 4.98 Å². The first-order valence-electron chi connectivity index (χ1n) is 9.42. The van der Waals surface area contributed by atoms with Gasteiger partial charge in [-0.1, -0.05) is 23.7 Å². The average Bonchev–Trinajstić information content (AvgIpc) is 3.29. The van der Waals surface area contributed by atoms with Crippen molar-refractivity contribution in [3.05, 3.63) is 41.4 Å². The molecule has 0 bridgehead atoms. The first-order valence-corrected chi connectivity index (χ1v) is 9.80. The van der Waals surface area contributed by atoms with Crippen LogP contribution in [0.4, 0.5) is 0 Å². The number of fused-ring (bicyclic) bond motifs is 1. The smallest absolute Gasteiger partial charge is 0.220 e. The van der Waals surface area contributed by atoms with Gasteiger partial charge in [0, 0.05) is 37.0 Å². The second kappa shape index (κ2) is 7.80. The Labute approximate surface area is 158 Å². The summed E-state index contributed by atoms with van der Waals surface area (Å²) in [6.45, 7) is 2.33. The number of halogens is 1. The molecule has 0 radical (unpaired) electrons. The van der Waals surface area contributed by atoms with Gasteiger partial charge in [-0.15, -0.1) is 0 Å². The van der Waals surface area contributed by atoms with Crippen LogP contribution in [0.25, 0.3) is 11.3 Å². The van der Waals surface area contributed by atoms with E-state index in [1.807, 2.05) is 24.3 Å². The molecule has 2 aliphatic rings. The van der Waals surface area contributed by atoms with Gasteiger partial charge >= 0.3 is 0 Å². The first-order chi connectivity index (χ1) is 12.7. The molecule has 1 aromatic carbocycles. The Bertz CT molecular complexity index is 776. The lowest BCUT2D eigenvalue weighted by molar-refractivity contribution is -0.122. The van der Waals surface area contributed by atoms with E-state index in [4.69, 9.17) is 16.0 Å². The Morgan fingerprint density at radius 2 is 2.19 bits per heavy atom. The van der Waals surface area contributed by atoms with Gasteiger partial charge in [0.2, 0.25) is 5.91 Å². The molecule has 3 heterocycles. The van der Waals surface area contributed by atoms with Gasteiger partial charge in [0.25, 0.3) is 0 Å². The van der Waals surface area contributed by atoms with Crippen molar-refractivity contribution < 1.29 is 9.21 Å². The fourth-order valence-electron chi connectivity index (χ4n) is 4.09. The number of aromatic nitrogens is 1. The minimum absolute atomic E-state index is 0.0824. The van der Waals surface area contributed by atoms with Crippen LogP contribution in [0.2, 0.25) is 5.02 Å². The van der Waals surface area contributed by atoms with E-state index in [2.05, 4.69) is 15.2 Å². The van der Waals surface area contributed by atoms with Gasteiger partial charge < -0.3 is 14.6 Å². The Morgan fingerprint density at radius 3 is 3.08 bits per heavy atom. The lowest BCUT2D eigenvalue weighted by Gasteiger charge is -2.35. The zero-order valence-electron chi connectivity index (χ0n) is 14.8. The van der Waals surface area contributed by atoms with Crippen molar-refractivity contribution in [3.63, 3.8) is 0 Å². The predicted octanol–water partition coefficient (Wildman–Crippen LogP) is 3.67. The number of nitrogens with zero attached hydrogens (tertiary/aromatic N) is 2. The normalized spacial score (nSPS) is 23.0. The van der Waals surface area contributed by atoms with E-state index in [1.165, 1.54) is 19.4 Å². The largest absolute Gasteiger partial charge is 0.441 e. The number of hydrogen-bond acceptors (Lipinski definition) is 4. The van der Waals surface area contributed by atoms with Crippen molar-refractivity contribution in [1.29, 1.82) is 0 Å². The number of carbonyl (C=O) groups excluding carboxylic acids is 1. The van der Waals surface area contributed by atoms with Crippen molar-refractivity contribution in [1.82, 2.24) is 15.2 Å². The van der Waals surface area contributed by atoms with Gasteiger partial charge in [0.05, 0.1) is 11.2 Å². The fraction of sp³-hybridized carbons (Fsp3) is 0.500. The molecular formula is C20H24ClN3O2. The molecule has 2 aromatic rings. The zero-order valence-corrected chi connectivity index (χ0v) is 15.5. The Morgan fingerprint density at radius 1 is 1.31 bits per heavy atom. The number of amides is 1. The molecule has 6 heteroatoms. The Kier molecular flexibility index (Phi) is 5.27. The molecule has 4 rings (SSSR count). The third-order valence-corrected chi connectivity index (χ3v) is 5.77. The number of carbonyl (C=O) groups is 1. The third-order valence-electron chi connectivity index (χ3n) is 5.44. The highest BCUT2D eigenvalue weighted by atomic mass is 35.5. The van der Waals surface area contributed by atoms with Crippen LogP contribution >= 0.6 is 11.6 Å². The molecule has 0 saturated carbocycles. The lowest BCUT2D eigenvalue weighted by atomic mass is 9.97. The maximum absolute atomic E-state index is 12.3. The number of aryl methyl sites for hydroxylation is 1. The molecule has 0 aliphatic carbocycles. The van der Waals surface area contributed by atoms with E-state index in [0.29, 0.717) is 41.6 Å². The standard InChI is InChI=1S/C20H24ClN3O2/c21-17-6-2-1-5-16(17)18-13-22-20(26-18)8-7-19(25)23-14-9-11-24-10-3-4-15(24)12-14/h1-2,5-6,13-15H,3-4,7-12H2,(H,23,25). The fourth-order valence-corrected chi connectivity index (χ4v) is 4.32. The predicted molar refractivity (Wildman–Crippen MR) is 101 cm³/mol. The monoisotopic (exact) mass is 373 g/mol. The van der Waals surface area contributed by atoms with Gasteiger partial charge in [-0.2, -0.15) is 0 Å². The van der Waals surface area contributed by atoms with E-state index in [9.17, 15) is 4.79 Å². The summed E-state index contributed by atoms with van der Waals surface area (Å²) in [5, 5.41) is 3.82. The van der Waals surface area contributed by atoms with Gasteiger partial charge in [-0.05, 0) is 44.4 Å². The van der Waals surface area contributed by atoms with E-state index in [0.717, 1.165) is 24.9 Å². The molecule has 2 atom stereocenters. The number of benzene rings is 1. The summed E-state index contributed by atoms with van der Waals surface area (Å²) in [5.41, 5.74) is 0.820. The highest BCUT2D eigenvalue weighted by Gasteiger charge is 2.32. The molecule has 2 fully saturated rings. The summed E-state index contributed by atoms with van der Waals surface area (Å²) >= 11 is 6.19. The second-order valence-corrected chi connectivity index (χ2v) is 7.63. The van der Waals surface area contributed by atoms with Crippen LogP contribution < -0.4 is 5.32 Å². The maximum Gasteiger partial charge on any atom is 0.220 e. The zero-order chi connectivity index (χ0) is 17.9. The Balaban J connectivity index is 1.28. The summed E-state index contributed by atoms with van der Waals surface area (Å²) in [6, 6.07) is 8.48. The lowest BCUT2D eigenvalue weighted by Crippen LogP contribution is -2.47. The summed E-state index contributed by atoms with van der Waals surface area (Å²) in [7, 11) is 0. The van der Waals surface area contributed by atoms with Crippen molar-refractivity contribution in [3.8, 4) is 11.3 Å². The van der Waals surface area contributed by atoms with E-state index in [1.54, 1.807) is 6.20 Å². The van der Waals surface area contributed by atoms with E-state index < -0.39 is 0 Å². The van der Waals surface area contributed by atoms with Crippen LogP contribution in [0.3, 0.4) is 0 Å². The van der Waals surface area contributed by atoms with Crippen LogP contribution in [0.1, 0.15) is 38.0 Å². The minimum atomic E-state index is 0.0824. The van der Waals surface area contributed by atoms with Crippen LogP contribution in [0.15, 0.2) is 34.9 Å². The van der Waals surface area contributed by atoms with Crippen molar-refractivity contribution >= 4 is 17.5 Å². The first kappa shape index (κ1) is 17.6. The molecule has 0 spiro atoms. The number of piperidine rings is 1. The highest BCUT2D eigenvalue weighted by Crippen LogP contribution is 2.28. The third kappa shape index (κ3) is 3.94. The van der Waals surface area contributed by atoms with Crippen LogP contribution in [-0.2, 0) is 11.2 Å². The summed E-state index contributed by atoms with van der Waals surface area (Å²) in [4.78, 5) is 19.1. The molecule has 2 unspecified atom stereocenters. The summed E-state index contributed by atoms with van der Waals surface area (Å²) in [6.07, 6.45) is 7.27. The molecule has 2 aliphatic heterocycles. The number of oxazole rings is 1.